The number of nitrogens with one attached hydrogen (secondary N) is 3. The van der Waals surface area contributed by atoms with Crippen molar-refractivity contribution in [2.24, 2.45) is 0 Å². The molecule has 0 unspecified atom stereocenters. The van der Waals surface area contributed by atoms with Crippen LogP contribution in [0.5, 0.6) is 5.75 Å². The topological polar surface area (TPSA) is 114 Å². The van der Waals surface area contributed by atoms with Gasteiger partial charge in [-0.2, -0.15) is 0 Å². The first-order valence-electron chi connectivity index (χ1n) is 8.61. The predicted molar refractivity (Wildman–Crippen MR) is 104 cm³/mol. The van der Waals surface area contributed by atoms with E-state index in [1.165, 1.54) is 24.3 Å². The molecule has 0 bridgehead atoms. The van der Waals surface area contributed by atoms with E-state index in [9.17, 15) is 18.0 Å². The van der Waals surface area contributed by atoms with Crippen LogP contribution in [0.3, 0.4) is 0 Å². The maximum atomic E-state index is 12.1. The Kier molecular flexibility index (Phi) is 7.13. The van der Waals surface area contributed by atoms with Gasteiger partial charge in [0.25, 0.3) is 11.8 Å². The average Bonchev–Trinajstić information content (AvgIpc) is 2.63. The molecule has 0 saturated heterocycles. The lowest BCUT2D eigenvalue weighted by Crippen LogP contribution is -2.43. The molecular weight excluding hydrogens is 382 g/mol. The molecule has 0 fully saturated rings. The van der Waals surface area contributed by atoms with E-state index in [0.717, 1.165) is 11.1 Å². The van der Waals surface area contributed by atoms with Crippen LogP contribution in [0.1, 0.15) is 28.4 Å². The Morgan fingerprint density at radius 1 is 0.964 bits per heavy atom. The summed E-state index contributed by atoms with van der Waals surface area (Å²) in [6.07, 6.45) is 0. The standard InChI is InChI=1S/C19H23N3O5S/c1-4-20-28(25,26)17-7-5-15(6-8-17)19(24)22-21-18(23)12-27-16-10-13(2)9-14(3)11-16/h5-11,20H,4,12H2,1-3H3,(H,21,23)(H,22,24). The SMILES string of the molecule is CCNS(=O)(=O)c1ccc(C(=O)NNC(=O)COc2cc(C)cc(C)c2)cc1. The van der Waals surface area contributed by atoms with Gasteiger partial charge in [-0.3, -0.25) is 20.4 Å². The number of benzene rings is 2. The van der Waals surface area contributed by atoms with E-state index in [1.54, 1.807) is 6.92 Å². The third kappa shape index (κ3) is 6.07. The van der Waals surface area contributed by atoms with E-state index in [2.05, 4.69) is 15.6 Å². The monoisotopic (exact) mass is 405 g/mol. The number of hydrogen-bond donors (Lipinski definition) is 3. The van der Waals surface area contributed by atoms with Crippen LogP contribution in [0.2, 0.25) is 0 Å². The molecule has 9 heteroatoms. The highest BCUT2D eigenvalue weighted by atomic mass is 32.2. The molecule has 0 aromatic heterocycles. The fourth-order valence-electron chi connectivity index (χ4n) is 2.46. The lowest BCUT2D eigenvalue weighted by molar-refractivity contribution is -0.123. The molecule has 0 saturated carbocycles. The maximum absolute atomic E-state index is 12.1. The van der Waals surface area contributed by atoms with Gasteiger partial charge in [0.05, 0.1) is 4.90 Å². The van der Waals surface area contributed by atoms with E-state index in [4.69, 9.17) is 4.74 Å². The summed E-state index contributed by atoms with van der Waals surface area (Å²) < 4.78 is 31.5. The third-order valence-electron chi connectivity index (χ3n) is 3.64. The quantitative estimate of drug-likeness (QED) is 0.603. The van der Waals surface area contributed by atoms with Crippen molar-refractivity contribution >= 4 is 21.8 Å². The molecule has 0 spiro atoms. The molecule has 28 heavy (non-hydrogen) atoms. The van der Waals surface area contributed by atoms with E-state index < -0.39 is 21.8 Å². The second-order valence-electron chi connectivity index (χ2n) is 6.14. The Morgan fingerprint density at radius 2 is 1.57 bits per heavy atom. The van der Waals surface area contributed by atoms with Crippen LogP contribution >= 0.6 is 0 Å². The molecule has 2 rings (SSSR count). The molecule has 0 aliphatic carbocycles. The number of hydrazine groups is 1. The normalized spacial score (nSPS) is 11.0. The molecule has 0 heterocycles. The van der Waals surface area contributed by atoms with Crippen LogP contribution < -0.4 is 20.3 Å². The molecule has 2 aromatic carbocycles. The Hall–Kier alpha value is -2.91. The second-order valence-corrected chi connectivity index (χ2v) is 7.91. The predicted octanol–water partition coefficient (Wildman–Crippen LogP) is 1.44. The van der Waals surface area contributed by atoms with Crippen molar-refractivity contribution in [2.45, 2.75) is 25.7 Å². The van der Waals surface area contributed by atoms with Gasteiger partial charge in [-0.25, -0.2) is 13.1 Å². The van der Waals surface area contributed by atoms with Crippen molar-refractivity contribution in [1.29, 1.82) is 0 Å². The summed E-state index contributed by atoms with van der Waals surface area (Å²) in [5.74, 6) is -0.539. The van der Waals surface area contributed by atoms with Gasteiger partial charge in [0.15, 0.2) is 6.61 Å². The number of carbonyl (C=O) groups excluding carboxylic acids is 2. The molecule has 0 radical (unpaired) electrons. The summed E-state index contributed by atoms with van der Waals surface area (Å²) >= 11 is 0. The zero-order chi connectivity index (χ0) is 20.7. The minimum atomic E-state index is -3.59. The molecular formula is C19H23N3O5S. The lowest BCUT2D eigenvalue weighted by atomic mass is 10.1. The van der Waals surface area contributed by atoms with Crippen LogP contribution in [-0.4, -0.2) is 33.4 Å². The average molecular weight is 405 g/mol. The molecule has 8 nitrogen and oxygen atoms in total. The van der Waals surface area contributed by atoms with Gasteiger partial charge in [0.2, 0.25) is 10.0 Å². The number of amides is 2. The van der Waals surface area contributed by atoms with Gasteiger partial charge in [-0.1, -0.05) is 13.0 Å². The van der Waals surface area contributed by atoms with E-state index in [0.29, 0.717) is 5.75 Å². The smallest absolute Gasteiger partial charge is 0.276 e. The largest absolute Gasteiger partial charge is 0.484 e. The molecule has 0 aliphatic rings. The van der Waals surface area contributed by atoms with E-state index >= 15 is 0 Å². The van der Waals surface area contributed by atoms with Crippen LogP contribution in [0.15, 0.2) is 47.4 Å². The van der Waals surface area contributed by atoms with Gasteiger partial charge < -0.3 is 4.74 Å². The van der Waals surface area contributed by atoms with Gasteiger partial charge in [0, 0.05) is 12.1 Å². The van der Waals surface area contributed by atoms with Gasteiger partial charge in [-0.15, -0.1) is 0 Å². The van der Waals surface area contributed by atoms with Crippen LogP contribution in [0.25, 0.3) is 0 Å². The first-order chi connectivity index (χ1) is 13.2. The zero-order valence-electron chi connectivity index (χ0n) is 15.9. The Balaban J connectivity index is 1.86. The van der Waals surface area contributed by atoms with Gasteiger partial charge in [-0.05, 0) is 61.4 Å². The summed E-state index contributed by atoms with van der Waals surface area (Å²) in [6.45, 7) is 5.53. The van der Waals surface area contributed by atoms with Gasteiger partial charge >= 0.3 is 0 Å². The highest BCUT2D eigenvalue weighted by molar-refractivity contribution is 7.89. The maximum Gasteiger partial charge on any atom is 0.276 e. The van der Waals surface area contributed by atoms with Crippen LogP contribution in [-0.2, 0) is 14.8 Å². The van der Waals surface area contributed by atoms with Crippen LogP contribution in [0, 0.1) is 13.8 Å². The molecule has 0 atom stereocenters. The fraction of sp³-hybridized carbons (Fsp3) is 0.263. The highest BCUT2D eigenvalue weighted by Crippen LogP contribution is 2.16. The van der Waals surface area contributed by atoms with Crippen molar-refractivity contribution in [3.63, 3.8) is 0 Å². The highest BCUT2D eigenvalue weighted by Gasteiger charge is 2.14. The second kappa shape index (κ2) is 9.34. The molecule has 0 aliphatic heterocycles. The van der Waals surface area contributed by atoms with E-state index in [-0.39, 0.29) is 23.6 Å². The summed E-state index contributed by atoms with van der Waals surface area (Å²) in [5.41, 5.74) is 6.74. The third-order valence-corrected chi connectivity index (χ3v) is 5.20. The minimum absolute atomic E-state index is 0.0526. The molecule has 3 N–H and O–H groups in total. The molecule has 2 amide bonds. The van der Waals surface area contributed by atoms with Crippen molar-refractivity contribution in [3.8, 4) is 5.75 Å². The van der Waals surface area contributed by atoms with Crippen molar-refractivity contribution in [2.75, 3.05) is 13.2 Å². The van der Waals surface area contributed by atoms with Gasteiger partial charge in [0.1, 0.15) is 5.75 Å². The summed E-state index contributed by atoms with van der Waals surface area (Å²) in [4.78, 5) is 24.0. The number of carbonyl (C=O) groups is 2. The van der Waals surface area contributed by atoms with Crippen LogP contribution in [0.4, 0.5) is 0 Å². The number of hydrogen-bond acceptors (Lipinski definition) is 5. The lowest BCUT2D eigenvalue weighted by Gasteiger charge is -2.10. The first-order valence-corrected chi connectivity index (χ1v) is 10.1. The van der Waals surface area contributed by atoms with Crippen molar-refractivity contribution in [1.82, 2.24) is 15.6 Å². The van der Waals surface area contributed by atoms with Crippen molar-refractivity contribution < 1.29 is 22.7 Å². The molecule has 2 aromatic rings. The first kappa shape index (κ1) is 21.4. The summed E-state index contributed by atoms with van der Waals surface area (Å²) in [7, 11) is -3.59. The fourth-order valence-corrected chi connectivity index (χ4v) is 3.50. The zero-order valence-corrected chi connectivity index (χ0v) is 16.7. The minimum Gasteiger partial charge on any atom is -0.484 e. The Labute approximate surface area is 164 Å². The number of sulfonamides is 1. The Bertz CT molecular complexity index is 936. The van der Waals surface area contributed by atoms with Crippen molar-refractivity contribution in [3.05, 3.63) is 59.2 Å². The summed E-state index contributed by atoms with van der Waals surface area (Å²) in [6, 6.07) is 11.0. The number of aryl methyl sites for hydroxylation is 2. The number of rotatable bonds is 7. The molecule has 150 valence electrons. The summed E-state index contributed by atoms with van der Waals surface area (Å²) in [5, 5.41) is 0. The number of ether oxygens (including phenoxy) is 1. The Morgan fingerprint density at radius 3 is 2.14 bits per heavy atom. The van der Waals surface area contributed by atoms with E-state index in [1.807, 2.05) is 32.0 Å².